The third-order valence-corrected chi connectivity index (χ3v) is 4.80. The standard InChI is InChI=1S/C21H19F5N2O3/c22-16-9-6-14(11-17(16)23)19(29)27-18-3-1-2-10-28(20(18)30)12-13-4-7-15(8-5-13)31-21(24,25)26/h4-9,11,18H,1-3,10,12H2,(H,27,29). The van der Waals surface area contributed by atoms with Crippen molar-refractivity contribution >= 4 is 11.8 Å². The Hall–Kier alpha value is -3.17. The lowest BCUT2D eigenvalue weighted by molar-refractivity contribution is -0.274. The van der Waals surface area contributed by atoms with Gasteiger partial charge < -0.3 is 15.0 Å². The molecule has 2 aromatic carbocycles. The smallest absolute Gasteiger partial charge is 0.406 e. The van der Waals surface area contributed by atoms with E-state index in [0.29, 0.717) is 31.4 Å². The summed E-state index contributed by atoms with van der Waals surface area (Å²) >= 11 is 0. The minimum Gasteiger partial charge on any atom is -0.406 e. The normalized spacial score (nSPS) is 17.3. The zero-order valence-corrected chi connectivity index (χ0v) is 16.2. The number of carbonyl (C=O) groups excluding carboxylic acids is 2. The molecule has 0 bridgehead atoms. The Morgan fingerprint density at radius 1 is 1.06 bits per heavy atom. The Bertz CT molecular complexity index is 947. The first kappa shape index (κ1) is 22.5. The van der Waals surface area contributed by atoms with Crippen LogP contribution in [0.5, 0.6) is 5.75 Å². The molecule has 0 saturated carbocycles. The highest BCUT2D eigenvalue weighted by molar-refractivity contribution is 5.97. The van der Waals surface area contributed by atoms with Gasteiger partial charge in [0.05, 0.1) is 0 Å². The quantitative estimate of drug-likeness (QED) is 0.707. The van der Waals surface area contributed by atoms with Crippen molar-refractivity contribution in [2.45, 2.75) is 38.2 Å². The predicted octanol–water partition coefficient (Wildman–Crippen LogP) is 4.17. The fraction of sp³-hybridized carbons (Fsp3) is 0.333. The number of hydrogen-bond acceptors (Lipinski definition) is 3. The number of alkyl halides is 3. The molecule has 1 saturated heterocycles. The number of rotatable bonds is 5. The number of benzene rings is 2. The first-order valence-electron chi connectivity index (χ1n) is 9.52. The molecule has 1 aliphatic heterocycles. The predicted molar refractivity (Wildman–Crippen MR) is 100 cm³/mol. The number of hydrogen-bond donors (Lipinski definition) is 1. The van der Waals surface area contributed by atoms with Crippen molar-refractivity contribution in [2.75, 3.05) is 6.54 Å². The number of ether oxygens (including phenoxy) is 1. The molecule has 1 N–H and O–H groups in total. The highest BCUT2D eigenvalue weighted by Gasteiger charge is 2.31. The van der Waals surface area contributed by atoms with Gasteiger partial charge in [0, 0.05) is 18.7 Å². The molecule has 1 unspecified atom stereocenters. The highest BCUT2D eigenvalue weighted by Crippen LogP contribution is 2.24. The number of likely N-dealkylation sites (tertiary alicyclic amines) is 1. The minimum absolute atomic E-state index is 0.109. The first-order valence-corrected chi connectivity index (χ1v) is 9.52. The Kier molecular flexibility index (Phi) is 6.77. The summed E-state index contributed by atoms with van der Waals surface area (Å²) in [5.74, 6) is -3.67. The van der Waals surface area contributed by atoms with Gasteiger partial charge in [-0.2, -0.15) is 0 Å². The summed E-state index contributed by atoms with van der Waals surface area (Å²) in [6, 6.07) is 7.03. The van der Waals surface area contributed by atoms with E-state index in [0.717, 1.165) is 30.3 Å². The summed E-state index contributed by atoms with van der Waals surface area (Å²) < 4.78 is 67.1. The van der Waals surface area contributed by atoms with Gasteiger partial charge in [0.1, 0.15) is 11.8 Å². The van der Waals surface area contributed by atoms with E-state index in [1.807, 2.05) is 0 Å². The van der Waals surface area contributed by atoms with E-state index in [4.69, 9.17) is 0 Å². The van der Waals surface area contributed by atoms with Gasteiger partial charge >= 0.3 is 6.36 Å². The maximum Gasteiger partial charge on any atom is 0.573 e. The van der Waals surface area contributed by atoms with Crippen LogP contribution in [0.4, 0.5) is 22.0 Å². The van der Waals surface area contributed by atoms with E-state index in [1.165, 1.54) is 17.0 Å². The molecule has 31 heavy (non-hydrogen) atoms. The maximum atomic E-state index is 13.4. The van der Waals surface area contributed by atoms with Crippen molar-refractivity contribution in [1.29, 1.82) is 0 Å². The number of amides is 2. The fourth-order valence-electron chi connectivity index (χ4n) is 3.29. The van der Waals surface area contributed by atoms with Gasteiger partial charge in [-0.05, 0) is 55.2 Å². The molecule has 5 nitrogen and oxygen atoms in total. The van der Waals surface area contributed by atoms with Crippen LogP contribution >= 0.6 is 0 Å². The van der Waals surface area contributed by atoms with Gasteiger partial charge in [0.25, 0.3) is 5.91 Å². The van der Waals surface area contributed by atoms with E-state index >= 15 is 0 Å². The third-order valence-electron chi connectivity index (χ3n) is 4.80. The van der Waals surface area contributed by atoms with Crippen molar-refractivity contribution in [1.82, 2.24) is 10.2 Å². The van der Waals surface area contributed by atoms with Gasteiger partial charge in [0.2, 0.25) is 5.91 Å². The van der Waals surface area contributed by atoms with Crippen molar-refractivity contribution < 1.29 is 36.3 Å². The Morgan fingerprint density at radius 3 is 2.42 bits per heavy atom. The van der Waals surface area contributed by atoms with Crippen LogP contribution in [0.3, 0.4) is 0 Å². The second kappa shape index (κ2) is 9.32. The van der Waals surface area contributed by atoms with Crippen LogP contribution in [0.2, 0.25) is 0 Å². The van der Waals surface area contributed by atoms with E-state index < -0.39 is 29.9 Å². The van der Waals surface area contributed by atoms with E-state index in [2.05, 4.69) is 10.1 Å². The van der Waals surface area contributed by atoms with E-state index in [1.54, 1.807) is 0 Å². The van der Waals surface area contributed by atoms with Gasteiger partial charge in [-0.15, -0.1) is 13.2 Å². The van der Waals surface area contributed by atoms with Crippen LogP contribution in [-0.2, 0) is 11.3 Å². The number of halogens is 5. The molecule has 2 amide bonds. The summed E-state index contributed by atoms with van der Waals surface area (Å²) in [5, 5.41) is 2.56. The zero-order chi connectivity index (χ0) is 22.6. The SMILES string of the molecule is O=C(NC1CCCCN(Cc2ccc(OC(F)(F)F)cc2)C1=O)c1ccc(F)c(F)c1. The Morgan fingerprint density at radius 2 is 1.77 bits per heavy atom. The van der Waals surface area contributed by atoms with Crippen LogP contribution in [-0.4, -0.2) is 35.7 Å². The van der Waals surface area contributed by atoms with Gasteiger partial charge in [-0.1, -0.05) is 12.1 Å². The molecule has 0 aliphatic carbocycles. The molecular weight excluding hydrogens is 423 g/mol. The molecule has 1 aliphatic rings. The zero-order valence-electron chi connectivity index (χ0n) is 16.2. The van der Waals surface area contributed by atoms with Gasteiger partial charge in [-0.25, -0.2) is 8.78 Å². The molecule has 2 aromatic rings. The molecule has 166 valence electrons. The molecule has 0 aromatic heterocycles. The van der Waals surface area contributed by atoms with Crippen LogP contribution < -0.4 is 10.1 Å². The van der Waals surface area contributed by atoms with Gasteiger partial charge in [-0.3, -0.25) is 9.59 Å². The molecule has 3 rings (SSSR count). The first-order chi connectivity index (χ1) is 14.6. The molecule has 1 heterocycles. The molecule has 10 heteroatoms. The summed E-state index contributed by atoms with van der Waals surface area (Å²) in [6.45, 7) is 0.555. The molecule has 1 fully saturated rings. The van der Waals surface area contributed by atoms with E-state index in [-0.39, 0.29) is 23.8 Å². The summed E-state index contributed by atoms with van der Waals surface area (Å²) in [4.78, 5) is 26.8. The molecule has 0 radical (unpaired) electrons. The topological polar surface area (TPSA) is 58.6 Å². The second-order valence-electron chi connectivity index (χ2n) is 7.10. The Labute approximate surface area is 174 Å². The molecule has 1 atom stereocenters. The lowest BCUT2D eigenvalue weighted by Crippen LogP contribution is -2.47. The molecule has 0 spiro atoms. The largest absolute Gasteiger partial charge is 0.573 e. The van der Waals surface area contributed by atoms with Crippen molar-refractivity contribution in [3.05, 3.63) is 65.2 Å². The summed E-state index contributed by atoms with van der Waals surface area (Å²) in [6.07, 6.45) is -3.08. The van der Waals surface area contributed by atoms with Crippen LogP contribution in [0.25, 0.3) is 0 Å². The summed E-state index contributed by atoms with van der Waals surface area (Å²) in [7, 11) is 0. The third kappa shape index (κ3) is 6.16. The average molecular weight is 442 g/mol. The van der Waals surface area contributed by atoms with Crippen molar-refractivity contribution in [3.8, 4) is 5.75 Å². The fourth-order valence-corrected chi connectivity index (χ4v) is 3.29. The Balaban J connectivity index is 1.66. The van der Waals surface area contributed by atoms with Gasteiger partial charge in [0.15, 0.2) is 11.6 Å². The monoisotopic (exact) mass is 442 g/mol. The lowest BCUT2D eigenvalue weighted by Gasteiger charge is -2.25. The average Bonchev–Trinajstić information content (AvgIpc) is 2.86. The minimum atomic E-state index is -4.79. The maximum absolute atomic E-state index is 13.4. The second-order valence-corrected chi connectivity index (χ2v) is 7.10. The van der Waals surface area contributed by atoms with Crippen molar-refractivity contribution in [3.63, 3.8) is 0 Å². The van der Waals surface area contributed by atoms with E-state index in [9.17, 15) is 31.5 Å². The number of carbonyl (C=O) groups is 2. The highest BCUT2D eigenvalue weighted by atomic mass is 19.4. The van der Waals surface area contributed by atoms with Crippen LogP contribution in [0.15, 0.2) is 42.5 Å². The van der Waals surface area contributed by atoms with Crippen molar-refractivity contribution in [2.24, 2.45) is 0 Å². The van der Waals surface area contributed by atoms with Crippen LogP contribution in [0, 0.1) is 11.6 Å². The number of nitrogens with one attached hydrogen (secondary N) is 1. The number of nitrogens with zero attached hydrogens (tertiary/aromatic N) is 1. The lowest BCUT2D eigenvalue weighted by atomic mass is 10.1. The van der Waals surface area contributed by atoms with Crippen LogP contribution in [0.1, 0.15) is 35.2 Å². The molecular formula is C21H19F5N2O3. The summed E-state index contributed by atoms with van der Waals surface area (Å²) in [5.41, 5.74) is 0.484.